The van der Waals surface area contributed by atoms with E-state index in [0.29, 0.717) is 29.9 Å². The van der Waals surface area contributed by atoms with Crippen molar-refractivity contribution in [3.05, 3.63) is 30.2 Å². The fourth-order valence-corrected chi connectivity index (χ4v) is 3.63. The maximum Gasteiger partial charge on any atom is 0.237 e. The number of carbonyl (C=O) groups is 1. The van der Waals surface area contributed by atoms with E-state index in [1.807, 2.05) is 18.2 Å². The first-order valence-corrected chi connectivity index (χ1v) is 9.46. The normalized spacial score (nSPS) is 21.5. The van der Waals surface area contributed by atoms with Crippen molar-refractivity contribution in [3.63, 3.8) is 0 Å². The van der Waals surface area contributed by atoms with Crippen molar-refractivity contribution in [2.45, 2.75) is 59.2 Å². The maximum atomic E-state index is 12.7. The summed E-state index contributed by atoms with van der Waals surface area (Å²) < 4.78 is 10.8. The van der Waals surface area contributed by atoms with Crippen molar-refractivity contribution in [3.8, 4) is 11.5 Å². The lowest BCUT2D eigenvalue weighted by Gasteiger charge is -2.40. The van der Waals surface area contributed by atoms with Crippen molar-refractivity contribution >= 4 is 5.91 Å². The molecule has 0 spiro atoms. The van der Waals surface area contributed by atoms with Crippen LogP contribution in [0.2, 0.25) is 0 Å². The third-order valence-electron chi connectivity index (χ3n) is 4.68. The predicted octanol–water partition coefficient (Wildman–Crippen LogP) is 3.70. The molecule has 2 aromatic heterocycles. The Balaban J connectivity index is 1.75. The summed E-state index contributed by atoms with van der Waals surface area (Å²) in [6.45, 7) is 10.1. The fourth-order valence-electron chi connectivity index (χ4n) is 3.63. The van der Waals surface area contributed by atoms with E-state index in [1.54, 1.807) is 6.26 Å². The number of nitrogens with one attached hydrogen (secondary N) is 1. The second kappa shape index (κ2) is 8.08. The highest BCUT2D eigenvalue weighted by atomic mass is 16.5. The Hall–Kier alpha value is -2.08. The van der Waals surface area contributed by atoms with Gasteiger partial charge in [-0.05, 0) is 36.8 Å². The summed E-state index contributed by atoms with van der Waals surface area (Å²) in [7, 11) is 0. The summed E-state index contributed by atoms with van der Waals surface area (Å²) in [5.74, 6) is 2.40. The molecule has 3 heterocycles. The summed E-state index contributed by atoms with van der Waals surface area (Å²) in [5.41, 5.74) is 0.822. The third kappa shape index (κ3) is 4.55. The summed E-state index contributed by atoms with van der Waals surface area (Å²) >= 11 is 0. The van der Waals surface area contributed by atoms with E-state index < -0.39 is 0 Å². The molecule has 1 saturated heterocycles. The average Bonchev–Trinajstić information content (AvgIpc) is 3.21. The molecule has 1 aliphatic rings. The first kappa shape index (κ1) is 18.7. The first-order chi connectivity index (χ1) is 12.4. The number of carbonyl (C=O) groups excluding carboxylic acids is 1. The summed E-state index contributed by atoms with van der Waals surface area (Å²) in [5, 5.41) is 7.39. The average molecular weight is 359 g/mol. The third-order valence-corrected chi connectivity index (χ3v) is 4.68. The quantitative estimate of drug-likeness (QED) is 0.816. The highest BCUT2D eigenvalue weighted by Crippen LogP contribution is 2.24. The van der Waals surface area contributed by atoms with Gasteiger partial charge in [0.05, 0.1) is 18.0 Å². The first-order valence-electron chi connectivity index (χ1n) is 9.46. The molecular formula is C20H29N3O3. The van der Waals surface area contributed by atoms with Gasteiger partial charge < -0.3 is 14.3 Å². The molecule has 26 heavy (non-hydrogen) atoms. The van der Waals surface area contributed by atoms with Crippen molar-refractivity contribution in [2.24, 2.45) is 11.8 Å². The topological polar surface area (TPSA) is 71.5 Å². The van der Waals surface area contributed by atoms with Crippen LogP contribution in [0.1, 0.15) is 46.2 Å². The maximum absolute atomic E-state index is 12.7. The van der Waals surface area contributed by atoms with E-state index >= 15 is 0 Å². The Kier molecular flexibility index (Phi) is 5.81. The van der Waals surface area contributed by atoms with E-state index in [0.717, 1.165) is 25.1 Å². The molecule has 6 heteroatoms. The highest BCUT2D eigenvalue weighted by molar-refractivity contribution is 5.82. The second-order valence-electron chi connectivity index (χ2n) is 8.07. The van der Waals surface area contributed by atoms with Gasteiger partial charge in [-0.15, -0.1) is 0 Å². The molecule has 2 atom stereocenters. The number of piperazine rings is 1. The Morgan fingerprint density at radius 3 is 2.65 bits per heavy atom. The van der Waals surface area contributed by atoms with Gasteiger partial charge in [0, 0.05) is 25.2 Å². The highest BCUT2D eigenvalue weighted by Gasteiger charge is 2.35. The molecule has 1 N–H and O–H groups in total. The second-order valence-corrected chi connectivity index (χ2v) is 8.07. The summed E-state index contributed by atoms with van der Waals surface area (Å²) in [6, 6.07) is 5.63. The molecule has 0 bridgehead atoms. The smallest absolute Gasteiger partial charge is 0.237 e. The molecule has 0 aromatic carbocycles. The minimum absolute atomic E-state index is 0.123. The van der Waals surface area contributed by atoms with Crippen molar-refractivity contribution in [1.82, 2.24) is 15.4 Å². The Bertz CT molecular complexity index is 706. The van der Waals surface area contributed by atoms with Crippen LogP contribution in [-0.4, -0.2) is 34.6 Å². The molecule has 142 valence electrons. The zero-order valence-electron chi connectivity index (χ0n) is 16.1. The largest absolute Gasteiger partial charge is 0.461 e. The molecule has 3 rings (SSSR count). The Morgan fingerprint density at radius 1 is 1.23 bits per heavy atom. The van der Waals surface area contributed by atoms with Crippen LogP contribution in [0.4, 0.5) is 0 Å². The van der Waals surface area contributed by atoms with Gasteiger partial charge in [-0.3, -0.25) is 9.69 Å². The van der Waals surface area contributed by atoms with Gasteiger partial charge in [0.2, 0.25) is 11.7 Å². The fraction of sp³-hybridized carbons (Fsp3) is 0.600. The molecule has 0 radical (unpaired) electrons. The van der Waals surface area contributed by atoms with Crippen molar-refractivity contribution < 1.29 is 13.7 Å². The van der Waals surface area contributed by atoms with Crippen LogP contribution >= 0.6 is 0 Å². The molecular weight excluding hydrogens is 330 g/mol. The molecule has 2 unspecified atom stereocenters. The van der Waals surface area contributed by atoms with Gasteiger partial charge in [-0.25, -0.2) is 0 Å². The standard InChI is InChI=1S/C20H29N3O3/c1-13(2)8-15-11-23(17(9-14(3)4)20(24)21-15)12-16-10-19(26-22-16)18-6-5-7-25-18/h5-7,10,13-15,17H,8-9,11-12H2,1-4H3,(H,21,24). The Labute approximate surface area is 154 Å². The van der Waals surface area contributed by atoms with Crippen LogP contribution < -0.4 is 5.32 Å². The van der Waals surface area contributed by atoms with Crippen LogP contribution in [0, 0.1) is 11.8 Å². The number of rotatable bonds is 7. The summed E-state index contributed by atoms with van der Waals surface area (Å²) in [6.07, 6.45) is 3.43. The van der Waals surface area contributed by atoms with Gasteiger partial charge in [-0.2, -0.15) is 0 Å². The number of hydrogen-bond acceptors (Lipinski definition) is 5. The number of aromatic nitrogens is 1. The molecule has 1 amide bonds. The molecule has 0 saturated carbocycles. The van der Waals surface area contributed by atoms with Crippen LogP contribution in [0.3, 0.4) is 0 Å². The van der Waals surface area contributed by atoms with Gasteiger partial charge >= 0.3 is 0 Å². The number of amides is 1. The van der Waals surface area contributed by atoms with E-state index in [1.165, 1.54) is 0 Å². The lowest BCUT2D eigenvalue weighted by Crippen LogP contribution is -2.60. The van der Waals surface area contributed by atoms with E-state index in [2.05, 4.69) is 43.1 Å². The monoisotopic (exact) mass is 359 g/mol. The van der Waals surface area contributed by atoms with Gasteiger partial charge in [-0.1, -0.05) is 32.9 Å². The van der Waals surface area contributed by atoms with E-state index in [-0.39, 0.29) is 18.0 Å². The SMILES string of the molecule is CC(C)CC1CN(Cc2cc(-c3ccco3)on2)C(CC(C)C)C(=O)N1. The zero-order chi connectivity index (χ0) is 18.7. The lowest BCUT2D eigenvalue weighted by atomic mass is 9.95. The Morgan fingerprint density at radius 2 is 2.00 bits per heavy atom. The zero-order valence-corrected chi connectivity index (χ0v) is 16.1. The van der Waals surface area contributed by atoms with Crippen LogP contribution in [0.5, 0.6) is 0 Å². The van der Waals surface area contributed by atoms with Crippen LogP contribution in [0.15, 0.2) is 33.4 Å². The number of hydrogen-bond donors (Lipinski definition) is 1. The molecule has 0 aliphatic carbocycles. The molecule has 1 fully saturated rings. The molecule has 6 nitrogen and oxygen atoms in total. The number of furan rings is 1. The van der Waals surface area contributed by atoms with E-state index in [4.69, 9.17) is 8.94 Å². The van der Waals surface area contributed by atoms with Gasteiger partial charge in [0.15, 0.2) is 5.76 Å². The summed E-state index contributed by atoms with van der Waals surface area (Å²) in [4.78, 5) is 14.9. The molecule has 2 aromatic rings. The van der Waals surface area contributed by atoms with Crippen LogP contribution in [-0.2, 0) is 11.3 Å². The van der Waals surface area contributed by atoms with Gasteiger partial charge in [0.1, 0.15) is 0 Å². The minimum atomic E-state index is -0.123. The van der Waals surface area contributed by atoms with E-state index in [9.17, 15) is 4.79 Å². The van der Waals surface area contributed by atoms with Crippen LogP contribution in [0.25, 0.3) is 11.5 Å². The lowest BCUT2D eigenvalue weighted by molar-refractivity contribution is -0.132. The number of nitrogens with zero attached hydrogens (tertiary/aromatic N) is 2. The van der Waals surface area contributed by atoms with Crippen molar-refractivity contribution in [2.75, 3.05) is 6.54 Å². The molecule has 1 aliphatic heterocycles. The van der Waals surface area contributed by atoms with Crippen molar-refractivity contribution in [1.29, 1.82) is 0 Å². The van der Waals surface area contributed by atoms with Gasteiger partial charge in [0.25, 0.3) is 0 Å². The minimum Gasteiger partial charge on any atom is -0.461 e. The predicted molar refractivity (Wildman–Crippen MR) is 99.2 cm³/mol.